The van der Waals surface area contributed by atoms with E-state index in [4.69, 9.17) is 5.11 Å². The third-order valence-corrected chi connectivity index (χ3v) is 3.12. The average Bonchev–Trinajstić information content (AvgIpc) is 2.17. The molecule has 88 valence electrons. The van der Waals surface area contributed by atoms with Crippen molar-refractivity contribution in [1.82, 2.24) is 5.32 Å². The molecule has 0 saturated heterocycles. The van der Waals surface area contributed by atoms with E-state index in [1.807, 2.05) is 20.8 Å². The summed E-state index contributed by atoms with van der Waals surface area (Å²) < 4.78 is 0. The highest BCUT2D eigenvalue weighted by atomic mass is 16.3. The molecule has 3 nitrogen and oxygen atoms in total. The Hall–Kier alpha value is -0.570. The lowest BCUT2D eigenvalue weighted by Gasteiger charge is -2.30. The molecule has 0 unspecified atom stereocenters. The van der Waals surface area contributed by atoms with E-state index in [9.17, 15) is 4.79 Å². The van der Waals surface area contributed by atoms with Crippen molar-refractivity contribution >= 4 is 5.91 Å². The van der Waals surface area contributed by atoms with Crippen LogP contribution in [0.2, 0.25) is 0 Å². The number of rotatable bonds is 2. The van der Waals surface area contributed by atoms with E-state index in [-0.39, 0.29) is 11.3 Å². The van der Waals surface area contributed by atoms with Gasteiger partial charge in [-0.15, -0.1) is 0 Å². The van der Waals surface area contributed by atoms with Crippen LogP contribution >= 0.6 is 0 Å². The number of nitrogens with one attached hydrogen (secondary N) is 1. The monoisotopic (exact) mass is 213 g/mol. The molecule has 0 aliphatic heterocycles. The molecule has 0 aromatic rings. The summed E-state index contributed by atoms with van der Waals surface area (Å²) in [4.78, 5) is 11.7. The van der Waals surface area contributed by atoms with Gasteiger partial charge in [-0.1, -0.05) is 20.8 Å². The lowest BCUT2D eigenvalue weighted by Crippen LogP contribution is -2.43. The van der Waals surface area contributed by atoms with Gasteiger partial charge < -0.3 is 10.4 Å². The highest BCUT2D eigenvalue weighted by Gasteiger charge is 2.26. The second kappa shape index (κ2) is 4.97. The van der Waals surface area contributed by atoms with Crippen molar-refractivity contribution < 1.29 is 9.90 Å². The minimum atomic E-state index is -0.298. The van der Waals surface area contributed by atoms with Gasteiger partial charge in [0.05, 0.1) is 0 Å². The Balaban J connectivity index is 2.33. The zero-order valence-corrected chi connectivity index (χ0v) is 10.0. The number of carbonyl (C=O) groups excluding carboxylic acids is 1. The predicted molar refractivity (Wildman–Crippen MR) is 60.4 cm³/mol. The first-order valence-electron chi connectivity index (χ1n) is 5.85. The fraction of sp³-hybridized carbons (Fsp3) is 0.917. The van der Waals surface area contributed by atoms with Gasteiger partial charge in [0.2, 0.25) is 5.91 Å². The summed E-state index contributed by atoms with van der Waals surface area (Å²) in [6.45, 7) is 6.09. The first-order valence-corrected chi connectivity index (χ1v) is 5.85. The SMILES string of the molecule is CC(C)(C)C(=O)NC1CCC(CO)CC1. The van der Waals surface area contributed by atoms with Gasteiger partial charge in [0, 0.05) is 18.1 Å². The fourth-order valence-electron chi connectivity index (χ4n) is 1.89. The molecule has 2 N–H and O–H groups in total. The molecule has 1 aliphatic carbocycles. The zero-order valence-electron chi connectivity index (χ0n) is 10.0. The van der Waals surface area contributed by atoms with Crippen LogP contribution in [0.1, 0.15) is 46.5 Å². The first kappa shape index (κ1) is 12.5. The van der Waals surface area contributed by atoms with E-state index in [1.165, 1.54) is 0 Å². The topological polar surface area (TPSA) is 49.3 Å². The van der Waals surface area contributed by atoms with Gasteiger partial charge in [0.25, 0.3) is 0 Å². The standard InChI is InChI=1S/C12H23NO2/c1-12(2,3)11(15)13-10-6-4-9(8-14)5-7-10/h9-10,14H,4-8H2,1-3H3,(H,13,15). The van der Waals surface area contributed by atoms with E-state index in [1.54, 1.807) is 0 Å². The van der Waals surface area contributed by atoms with Gasteiger partial charge in [0.15, 0.2) is 0 Å². The average molecular weight is 213 g/mol. The van der Waals surface area contributed by atoms with Crippen molar-refractivity contribution in [1.29, 1.82) is 0 Å². The maximum atomic E-state index is 11.7. The number of amides is 1. The zero-order chi connectivity index (χ0) is 11.5. The quantitative estimate of drug-likeness (QED) is 0.733. The maximum absolute atomic E-state index is 11.7. The van der Waals surface area contributed by atoms with Crippen LogP contribution in [0.3, 0.4) is 0 Å². The van der Waals surface area contributed by atoms with Gasteiger partial charge in [-0.2, -0.15) is 0 Å². The molecule has 0 heterocycles. The van der Waals surface area contributed by atoms with Crippen LogP contribution < -0.4 is 5.32 Å². The molecule has 0 aromatic heterocycles. The third-order valence-electron chi connectivity index (χ3n) is 3.12. The maximum Gasteiger partial charge on any atom is 0.225 e. The highest BCUT2D eigenvalue weighted by Crippen LogP contribution is 2.24. The van der Waals surface area contributed by atoms with Crippen LogP contribution in [0.15, 0.2) is 0 Å². The predicted octanol–water partition coefficient (Wildman–Crippen LogP) is 1.70. The molecule has 3 heteroatoms. The van der Waals surface area contributed by atoms with E-state index < -0.39 is 0 Å². The molecule has 0 radical (unpaired) electrons. The molecule has 0 aromatic carbocycles. The lowest BCUT2D eigenvalue weighted by molar-refractivity contribution is -0.129. The summed E-state index contributed by atoms with van der Waals surface area (Å²) in [5.41, 5.74) is -0.298. The second-order valence-electron chi connectivity index (χ2n) is 5.62. The summed E-state index contributed by atoms with van der Waals surface area (Å²) in [5, 5.41) is 12.1. The van der Waals surface area contributed by atoms with Crippen molar-refractivity contribution in [2.75, 3.05) is 6.61 Å². The molecule has 1 saturated carbocycles. The summed E-state index contributed by atoms with van der Waals surface area (Å²) in [5.74, 6) is 0.586. The van der Waals surface area contributed by atoms with Crippen LogP contribution in [0.4, 0.5) is 0 Å². The Morgan fingerprint density at radius 3 is 2.20 bits per heavy atom. The molecule has 1 aliphatic rings. The largest absolute Gasteiger partial charge is 0.396 e. The summed E-state index contributed by atoms with van der Waals surface area (Å²) in [6.07, 6.45) is 4.08. The molecule has 15 heavy (non-hydrogen) atoms. The van der Waals surface area contributed by atoms with E-state index in [2.05, 4.69) is 5.32 Å². The Morgan fingerprint density at radius 2 is 1.80 bits per heavy atom. The third kappa shape index (κ3) is 3.82. The normalized spacial score (nSPS) is 27.5. The Morgan fingerprint density at radius 1 is 1.27 bits per heavy atom. The lowest BCUT2D eigenvalue weighted by atomic mass is 9.85. The van der Waals surface area contributed by atoms with Crippen molar-refractivity contribution in [3.63, 3.8) is 0 Å². The number of hydrogen-bond donors (Lipinski definition) is 2. The summed E-state index contributed by atoms with van der Waals surface area (Å²) in [7, 11) is 0. The molecular weight excluding hydrogens is 190 g/mol. The Bertz CT molecular complexity index is 212. The number of carbonyl (C=O) groups is 1. The molecule has 1 rings (SSSR count). The number of hydrogen-bond acceptors (Lipinski definition) is 2. The number of aliphatic hydroxyl groups excluding tert-OH is 1. The van der Waals surface area contributed by atoms with E-state index in [0.717, 1.165) is 25.7 Å². The van der Waals surface area contributed by atoms with Crippen molar-refractivity contribution in [2.45, 2.75) is 52.5 Å². The summed E-state index contributed by atoms with van der Waals surface area (Å²) in [6, 6.07) is 0.319. The van der Waals surface area contributed by atoms with Gasteiger partial charge in [-0.25, -0.2) is 0 Å². The van der Waals surface area contributed by atoms with Crippen molar-refractivity contribution in [2.24, 2.45) is 11.3 Å². The smallest absolute Gasteiger partial charge is 0.225 e. The second-order valence-corrected chi connectivity index (χ2v) is 5.62. The van der Waals surface area contributed by atoms with E-state index >= 15 is 0 Å². The molecule has 0 atom stereocenters. The molecule has 1 amide bonds. The van der Waals surface area contributed by atoms with Crippen molar-refractivity contribution in [3.8, 4) is 0 Å². The molecule has 0 spiro atoms. The first-order chi connectivity index (χ1) is 6.93. The van der Waals surface area contributed by atoms with Gasteiger partial charge in [-0.3, -0.25) is 4.79 Å². The summed E-state index contributed by atoms with van der Waals surface area (Å²) >= 11 is 0. The molecular formula is C12H23NO2. The van der Waals surface area contributed by atoms with Crippen LogP contribution in [0.25, 0.3) is 0 Å². The minimum Gasteiger partial charge on any atom is -0.396 e. The highest BCUT2D eigenvalue weighted by molar-refractivity contribution is 5.81. The van der Waals surface area contributed by atoms with Gasteiger partial charge in [-0.05, 0) is 31.6 Å². The molecule has 0 bridgehead atoms. The fourth-order valence-corrected chi connectivity index (χ4v) is 1.89. The van der Waals surface area contributed by atoms with Crippen LogP contribution in [0, 0.1) is 11.3 Å². The molecule has 1 fully saturated rings. The van der Waals surface area contributed by atoms with Gasteiger partial charge in [0.1, 0.15) is 0 Å². The number of aliphatic hydroxyl groups is 1. The van der Waals surface area contributed by atoms with Crippen LogP contribution in [-0.4, -0.2) is 23.7 Å². The van der Waals surface area contributed by atoms with Crippen LogP contribution in [0.5, 0.6) is 0 Å². The Labute approximate surface area is 92.3 Å². The van der Waals surface area contributed by atoms with E-state index in [0.29, 0.717) is 18.6 Å². The van der Waals surface area contributed by atoms with Gasteiger partial charge >= 0.3 is 0 Å². The Kier molecular flexibility index (Phi) is 4.14. The minimum absolute atomic E-state index is 0.134. The van der Waals surface area contributed by atoms with Crippen LogP contribution in [-0.2, 0) is 4.79 Å². The van der Waals surface area contributed by atoms with Crippen molar-refractivity contribution in [3.05, 3.63) is 0 Å².